The van der Waals surface area contributed by atoms with Crippen LogP contribution in [0, 0.1) is 6.92 Å². The van der Waals surface area contributed by atoms with E-state index in [1.807, 2.05) is 6.07 Å². The lowest BCUT2D eigenvalue weighted by Crippen LogP contribution is -2.32. The van der Waals surface area contributed by atoms with Crippen LogP contribution in [0.1, 0.15) is 24.7 Å². The van der Waals surface area contributed by atoms with E-state index in [0.717, 1.165) is 6.42 Å². The quantitative estimate of drug-likeness (QED) is 0.938. The summed E-state index contributed by atoms with van der Waals surface area (Å²) in [6, 6.07) is 10.5. The highest BCUT2D eigenvalue weighted by Gasteiger charge is 2.25. The van der Waals surface area contributed by atoms with Crippen molar-refractivity contribution < 1.29 is 9.32 Å². The minimum Gasteiger partial charge on any atom is -0.368 e. The summed E-state index contributed by atoms with van der Waals surface area (Å²) in [6.07, 6.45) is 1.48. The van der Waals surface area contributed by atoms with Crippen molar-refractivity contribution in [2.75, 3.05) is 16.8 Å². The second-order valence-corrected chi connectivity index (χ2v) is 5.50. The van der Waals surface area contributed by atoms with Crippen LogP contribution in [-0.2, 0) is 11.2 Å². The predicted octanol–water partition coefficient (Wildman–Crippen LogP) is 2.76. The lowest BCUT2D eigenvalue weighted by atomic mass is 10.1. The summed E-state index contributed by atoms with van der Waals surface area (Å²) in [6.45, 7) is 4.70. The molecular formula is C16H19N3O2. The molecule has 1 atom stereocenters. The molecule has 21 heavy (non-hydrogen) atoms. The van der Waals surface area contributed by atoms with Crippen molar-refractivity contribution in [3.63, 3.8) is 0 Å². The van der Waals surface area contributed by atoms with Crippen LogP contribution >= 0.6 is 0 Å². The predicted molar refractivity (Wildman–Crippen MR) is 81.4 cm³/mol. The fourth-order valence-electron chi connectivity index (χ4n) is 2.82. The van der Waals surface area contributed by atoms with Crippen LogP contribution in [0.2, 0.25) is 0 Å². The third-order valence-corrected chi connectivity index (χ3v) is 3.82. The SMILES string of the molecule is Cc1cc(NC(=O)CCN2c3ccccc3CC2C)no1. The molecule has 0 fully saturated rings. The normalized spacial score (nSPS) is 16.9. The maximum absolute atomic E-state index is 12.0. The summed E-state index contributed by atoms with van der Waals surface area (Å²) in [4.78, 5) is 14.3. The molecule has 2 aromatic rings. The number of rotatable bonds is 4. The highest BCUT2D eigenvalue weighted by atomic mass is 16.5. The molecule has 110 valence electrons. The smallest absolute Gasteiger partial charge is 0.227 e. The molecule has 0 bridgehead atoms. The van der Waals surface area contributed by atoms with Crippen LogP contribution in [0.4, 0.5) is 11.5 Å². The van der Waals surface area contributed by atoms with Gasteiger partial charge in [-0.1, -0.05) is 23.4 Å². The monoisotopic (exact) mass is 285 g/mol. The van der Waals surface area contributed by atoms with Gasteiger partial charge in [-0.25, -0.2) is 0 Å². The number of anilines is 2. The summed E-state index contributed by atoms with van der Waals surface area (Å²) in [7, 11) is 0. The number of para-hydroxylation sites is 1. The number of fused-ring (bicyclic) bond motifs is 1. The van der Waals surface area contributed by atoms with Gasteiger partial charge in [0.05, 0.1) is 0 Å². The van der Waals surface area contributed by atoms with Gasteiger partial charge in [-0.2, -0.15) is 0 Å². The first-order valence-corrected chi connectivity index (χ1v) is 7.21. The summed E-state index contributed by atoms with van der Waals surface area (Å²) in [5.74, 6) is 1.12. The second kappa shape index (κ2) is 5.60. The molecule has 1 aromatic carbocycles. The van der Waals surface area contributed by atoms with Gasteiger partial charge in [0.2, 0.25) is 5.91 Å². The molecule has 1 N–H and O–H groups in total. The Kier molecular flexibility index (Phi) is 3.64. The Labute approximate surface area is 123 Å². The van der Waals surface area contributed by atoms with Gasteiger partial charge in [0.15, 0.2) is 5.82 Å². The van der Waals surface area contributed by atoms with E-state index in [2.05, 4.69) is 40.5 Å². The maximum Gasteiger partial charge on any atom is 0.227 e. The Balaban J connectivity index is 1.59. The minimum absolute atomic E-state index is 0.0418. The molecule has 1 aliphatic rings. The molecule has 0 saturated heterocycles. The van der Waals surface area contributed by atoms with E-state index in [1.165, 1.54) is 11.3 Å². The molecular weight excluding hydrogens is 266 g/mol. The summed E-state index contributed by atoms with van der Waals surface area (Å²) in [5, 5.41) is 6.52. The van der Waals surface area contributed by atoms with E-state index in [0.29, 0.717) is 30.6 Å². The molecule has 0 saturated carbocycles. The van der Waals surface area contributed by atoms with Crippen LogP contribution in [-0.4, -0.2) is 23.7 Å². The average Bonchev–Trinajstić information content (AvgIpc) is 2.99. The van der Waals surface area contributed by atoms with E-state index in [4.69, 9.17) is 4.52 Å². The molecule has 0 radical (unpaired) electrons. The largest absolute Gasteiger partial charge is 0.368 e. The van der Waals surface area contributed by atoms with Gasteiger partial charge in [-0.15, -0.1) is 0 Å². The van der Waals surface area contributed by atoms with Gasteiger partial charge in [-0.3, -0.25) is 4.79 Å². The van der Waals surface area contributed by atoms with E-state index < -0.39 is 0 Å². The number of aromatic nitrogens is 1. The molecule has 3 rings (SSSR count). The summed E-state index contributed by atoms with van der Waals surface area (Å²) in [5.41, 5.74) is 2.60. The molecule has 1 aliphatic heterocycles. The molecule has 1 amide bonds. The Morgan fingerprint density at radius 3 is 3.05 bits per heavy atom. The topological polar surface area (TPSA) is 58.4 Å². The Morgan fingerprint density at radius 1 is 1.48 bits per heavy atom. The molecule has 1 aromatic heterocycles. The first-order valence-electron chi connectivity index (χ1n) is 7.21. The second-order valence-electron chi connectivity index (χ2n) is 5.50. The molecule has 0 aliphatic carbocycles. The summed E-state index contributed by atoms with van der Waals surface area (Å²) < 4.78 is 4.93. The fourth-order valence-corrected chi connectivity index (χ4v) is 2.82. The van der Waals surface area contributed by atoms with Crippen molar-refractivity contribution >= 4 is 17.4 Å². The van der Waals surface area contributed by atoms with E-state index in [-0.39, 0.29) is 5.91 Å². The zero-order valence-corrected chi connectivity index (χ0v) is 12.3. The third-order valence-electron chi connectivity index (χ3n) is 3.82. The van der Waals surface area contributed by atoms with E-state index >= 15 is 0 Å². The van der Waals surface area contributed by atoms with Gasteiger partial charge in [0.25, 0.3) is 0 Å². The molecule has 5 nitrogen and oxygen atoms in total. The zero-order valence-electron chi connectivity index (χ0n) is 12.3. The molecule has 0 spiro atoms. The zero-order chi connectivity index (χ0) is 14.8. The summed E-state index contributed by atoms with van der Waals surface area (Å²) >= 11 is 0. The molecule has 5 heteroatoms. The highest BCUT2D eigenvalue weighted by Crippen LogP contribution is 2.31. The molecule has 1 unspecified atom stereocenters. The first kappa shape index (κ1) is 13.7. The van der Waals surface area contributed by atoms with E-state index in [9.17, 15) is 4.79 Å². The van der Waals surface area contributed by atoms with Gasteiger partial charge in [-0.05, 0) is 31.9 Å². The van der Waals surface area contributed by atoms with Crippen molar-refractivity contribution in [1.82, 2.24) is 5.16 Å². The Bertz CT molecular complexity index is 650. The van der Waals surface area contributed by atoms with Gasteiger partial charge in [0.1, 0.15) is 5.76 Å². The van der Waals surface area contributed by atoms with Crippen LogP contribution in [0.25, 0.3) is 0 Å². The lowest BCUT2D eigenvalue weighted by molar-refractivity contribution is -0.116. The Morgan fingerprint density at radius 2 is 2.29 bits per heavy atom. The number of nitrogens with zero attached hydrogens (tertiary/aromatic N) is 2. The van der Waals surface area contributed by atoms with Gasteiger partial charge < -0.3 is 14.7 Å². The van der Waals surface area contributed by atoms with Crippen LogP contribution < -0.4 is 10.2 Å². The number of carbonyl (C=O) groups is 1. The standard InChI is InChI=1S/C16H19N3O2/c1-11-9-13-5-3-4-6-14(13)19(11)8-7-16(20)17-15-10-12(2)21-18-15/h3-6,10-11H,7-9H2,1-2H3,(H,17,18,20). The van der Waals surface area contributed by atoms with Gasteiger partial charge in [0, 0.05) is 30.8 Å². The maximum atomic E-state index is 12.0. The number of benzene rings is 1. The van der Waals surface area contributed by atoms with Crippen molar-refractivity contribution in [3.05, 3.63) is 41.7 Å². The average molecular weight is 285 g/mol. The van der Waals surface area contributed by atoms with Crippen LogP contribution in [0.5, 0.6) is 0 Å². The van der Waals surface area contributed by atoms with Gasteiger partial charge >= 0.3 is 0 Å². The number of amides is 1. The minimum atomic E-state index is -0.0418. The Hall–Kier alpha value is -2.30. The third kappa shape index (κ3) is 2.91. The van der Waals surface area contributed by atoms with E-state index in [1.54, 1.807) is 13.0 Å². The first-order chi connectivity index (χ1) is 10.1. The van der Waals surface area contributed by atoms with Crippen molar-refractivity contribution in [1.29, 1.82) is 0 Å². The number of aryl methyl sites for hydroxylation is 1. The number of hydrogen-bond acceptors (Lipinski definition) is 4. The fraction of sp³-hybridized carbons (Fsp3) is 0.375. The molecule has 2 heterocycles. The van der Waals surface area contributed by atoms with Crippen molar-refractivity contribution in [3.8, 4) is 0 Å². The number of carbonyl (C=O) groups excluding carboxylic acids is 1. The van der Waals surface area contributed by atoms with Crippen molar-refractivity contribution in [2.45, 2.75) is 32.7 Å². The highest BCUT2D eigenvalue weighted by molar-refractivity contribution is 5.90. The number of hydrogen-bond donors (Lipinski definition) is 1. The van der Waals surface area contributed by atoms with Crippen molar-refractivity contribution in [2.24, 2.45) is 0 Å². The number of nitrogens with one attached hydrogen (secondary N) is 1. The lowest BCUT2D eigenvalue weighted by Gasteiger charge is -2.24. The van der Waals surface area contributed by atoms with Crippen LogP contribution in [0.3, 0.4) is 0 Å². The van der Waals surface area contributed by atoms with Crippen LogP contribution in [0.15, 0.2) is 34.9 Å².